The summed E-state index contributed by atoms with van der Waals surface area (Å²) in [6.07, 6.45) is -0.174. The van der Waals surface area contributed by atoms with Crippen molar-refractivity contribution in [1.82, 2.24) is 0 Å². The SMILES string of the molecule is CN=C(Cc1ccccc1)C(N)=NC(C)O. The smallest absolute Gasteiger partial charge is 0.144 e. The molecule has 0 aliphatic rings. The zero-order valence-electron chi connectivity index (χ0n) is 9.59. The van der Waals surface area contributed by atoms with Crippen LogP contribution in [0.2, 0.25) is 0 Å². The molecule has 1 unspecified atom stereocenters. The van der Waals surface area contributed by atoms with Gasteiger partial charge in [0.1, 0.15) is 12.1 Å². The second kappa shape index (κ2) is 6.02. The second-order valence-electron chi connectivity index (χ2n) is 3.48. The Balaban J connectivity index is 2.79. The lowest BCUT2D eigenvalue weighted by Crippen LogP contribution is -2.27. The molecule has 1 atom stereocenters. The van der Waals surface area contributed by atoms with E-state index < -0.39 is 6.23 Å². The third-order valence-electron chi connectivity index (χ3n) is 2.11. The number of aliphatic hydroxyl groups is 1. The highest BCUT2D eigenvalue weighted by Crippen LogP contribution is 2.01. The van der Waals surface area contributed by atoms with Gasteiger partial charge in [0.15, 0.2) is 0 Å². The topological polar surface area (TPSA) is 71.0 Å². The van der Waals surface area contributed by atoms with E-state index in [2.05, 4.69) is 9.98 Å². The van der Waals surface area contributed by atoms with E-state index in [-0.39, 0.29) is 0 Å². The Kier molecular flexibility index (Phi) is 4.66. The number of nitrogens with two attached hydrogens (primary N) is 1. The lowest BCUT2D eigenvalue weighted by atomic mass is 10.1. The number of amidine groups is 1. The van der Waals surface area contributed by atoms with E-state index in [1.807, 2.05) is 30.3 Å². The summed E-state index contributed by atoms with van der Waals surface area (Å²) in [6.45, 7) is 1.56. The molecule has 0 saturated carbocycles. The number of hydrogen-bond donors (Lipinski definition) is 2. The number of hydrogen-bond acceptors (Lipinski definition) is 3. The third-order valence-corrected chi connectivity index (χ3v) is 2.11. The number of benzene rings is 1. The van der Waals surface area contributed by atoms with Crippen molar-refractivity contribution in [3.05, 3.63) is 35.9 Å². The van der Waals surface area contributed by atoms with Crippen LogP contribution in [0.15, 0.2) is 40.3 Å². The van der Waals surface area contributed by atoms with Crippen LogP contribution in [0.4, 0.5) is 0 Å². The monoisotopic (exact) mass is 219 g/mol. The van der Waals surface area contributed by atoms with Crippen LogP contribution in [-0.4, -0.2) is 29.9 Å². The van der Waals surface area contributed by atoms with E-state index in [0.29, 0.717) is 18.0 Å². The molecule has 4 heteroatoms. The van der Waals surface area contributed by atoms with Crippen molar-refractivity contribution in [2.75, 3.05) is 7.05 Å². The fourth-order valence-electron chi connectivity index (χ4n) is 1.35. The highest BCUT2D eigenvalue weighted by molar-refractivity contribution is 6.41. The van der Waals surface area contributed by atoms with Crippen LogP contribution in [-0.2, 0) is 6.42 Å². The molecule has 0 amide bonds. The minimum absolute atomic E-state index is 0.293. The quantitative estimate of drug-likeness (QED) is 0.585. The minimum atomic E-state index is -0.799. The fraction of sp³-hybridized carbons (Fsp3) is 0.333. The third kappa shape index (κ3) is 3.82. The molecule has 86 valence electrons. The summed E-state index contributed by atoms with van der Waals surface area (Å²) in [5, 5.41) is 9.11. The predicted molar refractivity (Wildman–Crippen MR) is 66.8 cm³/mol. The number of rotatable bonds is 4. The average molecular weight is 219 g/mol. The van der Waals surface area contributed by atoms with E-state index in [1.54, 1.807) is 14.0 Å². The summed E-state index contributed by atoms with van der Waals surface area (Å²) in [7, 11) is 1.67. The molecule has 0 radical (unpaired) electrons. The fourth-order valence-corrected chi connectivity index (χ4v) is 1.35. The Morgan fingerprint density at radius 1 is 1.38 bits per heavy atom. The van der Waals surface area contributed by atoms with E-state index in [0.717, 1.165) is 5.56 Å². The van der Waals surface area contributed by atoms with E-state index in [4.69, 9.17) is 10.8 Å². The van der Waals surface area contributed by atoms with Crippen LogP contribution < -0.4 is 5.73 Å². The molecule has 0 saturated heterocycles. The summed E-state index contributed by atoms with van der Waals surface area (Å²) < 4.78 is 0. The van der Waals surface area contributed by atoms with Gasteiger partial charge >= 0.3 is 0 Å². The van der Waals surface area contributed by atoms with Crippen molar-refractivity contribution >= 4 is 11.5 Å². The van der Waals surface area contributed by atoms with Gasteiger partial charge in [-0.3, -0.25) is 4.99 Å². The van der Waals surface area contributed by atoms with Gasteiger partial charge in [0.25, 0.3) is 0 Å². The molecule has 0 fully saturated rings. The summed E-state index contributed by atoms with van der Waals surface area (Å²) in [5.41, 5.74) is 7.54. The molecule has 0 bridgehead atoms. The molecule has 3 N–H and O–H groups in total. The van der Waals surface area contributed by atoms with Crippen LogP contribution in [0.3, 0.4) is 0 Å². The first-order chi connectivity index (χ1) is 7.63. The molecule has 0 spiro atoms. The van der Waals surface area contributed by atoms with Gasteiger partial charge in [0, 0.05) is 13.5 Å². The van der Waals surface area contributed by atoms with Crippen LogP contribution in [0.25, 0.3) is 0 Å². The Labute approximate surface area is 95.5 Å². The maximum absolute atomic E-state index is 9.11. The van der Waals surface area contributed by atoms with Gasteiger partial charge in [-0.2, -0.15) is 0 Å². The Bertz CT molecular complexity index is 383. The van der Waals surface area contributed by atoms with Crippen molar-refractivity contribution in [2.24, 2.45) is 15.7 Å². The van der Waals surface area contributed by atoms with Gasteiger partial charge < -0.3 is 10.8 Å². The maximum Gasteiger partial charge on any atom is 0.144 e. The molecule has 1 aromatic carbocycles. The largest absolute Gasteiger partial charge is 0.382 e. The predicted octanol–water partition coefficient (Wildman–Crippen LogP) is 0.995. The van der Waals surface area contributed by atoms with Crippen molar-refractivity contribution in [3.63, 3.8) is 0 Å². The second-order valence-corrected chi connectivity index (χ2v) is 3.48. The van der Waals surface area contributed by atoms with Crippen LogP contribution in [0.5, 0.6) is 0 Å². The van der Waals surface area contributed by atoms with E-state index >= 15 is 0 Å². The molecular formula is C12H17N3O. The number of aliphatic imine (C=N–C) groups is 2. The first kappa shape index (κ1) is 12.4. The van der Waals surface area contributed by atoms with Gasteiger partial charge in [-0.05, 0) is 12.5 Å². The molecular weight excluding hydrogens is 202 g/mol. The van der Waals surface area contributed by atoms with Crippen LogP contribution in [0.1, 0.15) is 12.5 Å². The molecule has 4 nitrogen and oxygen atoms in total. The first-order valence-corrected chi connectivity index (χ1v) is 5.14. The zero-order valence-corrected chi connectivity index (χ0v) is 9.59. The molecule has 0 heterocycles. The van der Waals surface area contributed by atoms with Crippen molar-refractivity contribution in [2.45, 2.75) is 19.6 Å². The molecule has 1 aromatic rings. The normalized spacial score (nSPS) is 14.9. The standard InChI is InChI=1S/C12H17N3O/c1-9(16)15-12(13)11(14-2)8-10-6-4-3-5-7-10/h3-7,9,16H,8H2,1-2H3,(H2,13,15). The molecule has 0 aliphatic carbocycles. The van der Waals surface area contributed by atoms with Gasteiger partial charge in [-0.15, -0.1) is 0 Å². The zero-order chi connectivity index (χ0) is 12.0. The lowest BCUT2D eigenvalue weighted by molar-refractivity contribution is 0.205. The Morgan fingerprint density at radius 3 is 2.50 bits per heavy atom. The van der Waals surface area contributed by atoms with Crippen LogP contribution >= 0.6 is 0 Å². The van der Waals surface area contributed by atoms with E-state index in [9.17, 15) is 0 Å². The van der Waals surface area contributed by atoms with Gasteiger partial charge in [-0.1, -0.05) is 30.3 Å². The summed E-state index contributed by atoms with van der Waals surface area (Å²) in [6, 6.07) is 9.89. The lowest BCUT2D eigenvalue weighted by Gasteiger charge is -2.06. The van der Waals surface area contributed by atoms with Gasteiger partial charge in [-0.25, -0.2) is 4.99 Å². The van der Waals surface area contributed by atoms with Crippen molar-refractivity contribution in [1.29, 1.82) is 0 Å². The van der Waals surface area contributed by atoms with Crippen molar-refractivity contribution < 1.29 is 5.11 Å². The molecule has 0 aromatic heterocycles. The average Bonchev–Trinajstić information content (AvgIpc) is 2.26. The molecule has 1 rings (SSSR count). The summed E-state index contributed by atoms with van der Waals surface area (Å²) >= 11 is 0. The highest BCUT2D eigenvalue weighted by Gasteiger charge is 2.06. The van der Waals surface area contributed by atoms with Crippen LogP contribution in [0, 0.1) is 0 Å². The van der Waals surface area contributed by atoms with Gasteiger partial charge in [0.05, 0.1) is 5.71 Å². The Hall–Kier alpha value is -1.68. The number of aliphatic hydroxyl groups excluding tert-OH is 1. The molecule has 0 aliphatic heterocycles. The first-order valence-electron chi connectivity index (χ1n) is 5.14. The molecule has 16 heavy (non-hydrogen) atoms. The Morgan fingerprint density at radius 2 is 2.00 bits per heavy atom. The summed E-state index contributed by atoms with van der Waals surface area (Å²) in [5.74, 6) is 0.293. The number of nitrogens with zero attached hydrogens (tertiary/aromatic N) is 2. The minimum Gasteiger partial charge on any atom is -0.382 e. The van der Waals surface area contributed by atoms with Gasteiger partial charge in [0.2, 0.25) is 0 Å². The van der Waals surface area contributed by atoms with E-state index in [1.165, 1.54) is 0 Å². The maximum atomic E-state index is 9.11. The highest BCUT2D eigenvalue weighted by atomic mass is 16.3. The summed E-state index contributed by atoms with van der Waals surface area (Å²) in [4.78, 5) is 7.95. The van der Waals surface area contributed by atoms with Crippen molar-refractivity contribution in [3.8, 4) is 0 Å².